The lowest BCUT2D eigenvalue weighted by atomic mass is 10.0. The van der Waals surface area contributed by atoms with E-state index in [4.69, 9.17) is 10.5 Å². The van der Waals surface area contributed by atoms with Crippen molar-refractivity contribution in [2.75, 3.05) is 18.9 Å². The molecule has 0 saturated carbocycles. The molecule has 2 N–H and O–H groups in total. The lowest BCUT2D eigenvalue weighted by Crippen LogP contribution is -2.44. The molecule has 1 aliphatic heterocycles. The maximum Gasteiger partial charge on any atom is 0.338 e. The van der Waals surface area contributed by atoms with Gasteiger partial charge in [0.05, 0.1) is 5.56 Å². The maximum atomic E-state index is 12.0. The highest BCUT2D eigenvalue weighted by molar-refractivity contribution is 5.91. The topological polar surface area (TPSA) is 72.6 Å². The van der Waals surface area contributed by atoms with Crippen LogP contribution in [0.5, 0.6) is 0 Å². The van der Waals surface area contributed by atoms with E-state index < -0.39 is 5.97 Å². The summed E-state index contributed by atoms with van der Waals surface area (Å²) >= 11 is 0. The van der Waals surface area contributed by atoms with Gasteiger partial charge in [-0.15, -0.1) is 0 Å². The molecule has 0 aromatic heterocycles. The van der Waals surface area contributed by atoms with Gasteiger partial charge in [0.1, 0.15) is 0 Å². The van der Waals surface area contributed by atoms with Crippen LogP contribution in [0.3, 0.4) is 0 Å². The molecule has 1 aliphatic rings. The first kappa shape index (κ1) is 14.4. The minimum absolute atomic E-state index is 0.124. The summed E-state index contributed by atoms with van der Waals surface area (Å²) in [7, 11) is 0. The Morgan fingerprint density at radius 2 is 2.00 bits per heavy atom. The van der Waals surface area contributed by atoms with Gasteiger partial charge in [-0.3, -0.25) is 4.79 Å². The number of anilines is 1. The van der Waals surface area contributed by atoms with Crippen LogP contribution in [-0.2, 0) is 9.53 Å². The summed E-state index contributed by atoms with van der Waals surface area (Å²) in [6, 6.07) is 6.67. The van der Waals surface area contributed by atoms with Crippen molar-refractivity contribution < 1.29 is 14.3 Å². The normalized spacial score (nSPS) is 18.6. The fourth-order valence-corrected chi connectivity index (χ4v) is 2.38. The van der Waals surface area contributed by atoms with Crippen LogP contribution in [0.25, 0.3) is 0 Å². The maximum absolute atomic E-state index is 12.0. The second-order valence-corrected chi connectivity index (χ2v) is 5.13. The smallest absolute Gasteiger partial charge is 0.338 e. The number of piperidine rings is 1. The molecule has 1 amide bonds. The number of amides is 1. The Kier molecular flexibility index (Phi) is 4.61. The van der Waals surface area contributed by atoms with E-state index in [0.29, 0.717) is 11.3 Å². The number of nitrogens with two attached hydrogens (primary N) is 1. The molecular formula is C15H20N2O3. The van der Waals surface area contributed by atoms with Gasteiger partial charge < -0.3 is 15.4 Å². The van der Waals surface area contributed by atoms with E-state index in [2.05, 4.69) is 0 Å². The molecule has 5 heteroatoms. The van der Waals surface area contributed by atoms with Crippen molar-refractivity contribution in [3.63, 3.8) is 0 Å². The van der Waals surface area contributed by atoms with Crippen LogP contribution < -0.4 is 5.73 Å². The van der Waals surface area contributed by atoms with Crippen LogP contribution in [0, 0.1) is 0 Å². The Bertz CT molecular complexity index is 484. The zero-order valence-electron chi connectivity index (χ0n) is 11.7. The second-order valence-electron chi connectivity index (χ2n) is 5.13. The number of esters is 1. The first-order chi connectivity index (χ1) is 9.58. The van der Waals surface area contributed by atoms with Crippen LogP contribution in [0.2, 0.25) is 0 Å². The first-order valence-electron chi connectivity index (χ1n) is 6.90. The minimum atomic E-state index is -0.497. The molecule has 1 saturated heterocycles. The van der Waals surface area contributed by atoms with E-state index in [0.717, 1.165) is 25.8 Å². The van der Waals surface area contributed by atoms with Gasteiger partial charge in [-0.2, -0.15) is 0 Å². The van der Waals surface area contributed by atoms with Gasteiger partial charge in [-0.05, 0) is 50.5 Å². The number of carbonyl (C=O) groups is 2. The zero-order valence-corrected chi connectivity index (χ0v) is 11.7. The summed E-state index contributed by atoms with van der Waals surface area (Å²) in [6.07, 6.45) is 3.18. The lowest BCUT2D eigenvalue weighted by molar-refractivity contribution is -0.137. The first-order valence-corrected chi connectivity index (χ1v) is 6.90. The third kappa shape index (κ3) is 3.50. The number of ether oxygens (including phenoxy) is 1. The Morgan fingerprint density at radius 1 is 1.30 bits per heavy atom. The van der Waals surface area contributed by atoms with E-state index in [9.17, 15) is 9.59 Å². The molecule has 108 valence electrons. The molecule has 0 unspecified atom stereocenters. The molecule has 0 bridgehead atoms. The number of likely N-dealkylation sites (tertiary alicyclic amines) is 1. The van der Waals surface area contributed by atoms with Gasteiger partial charge in [0.25, 0.3) is 5.91 Å². The molecule has 2 rings (SSSR count). The number of nitrogen functional groups attached to an aromatic ring is 1. The summed E-state index contributed by atoms with van der Waals surface area (Å²) < 4.78 is 5.06. The number of rotatable bonds is 3. The molecule has 1 aromatic carbocycles. The van der Waals surface area contributed by atoms with Gasteiger partial charge >= 0.3 is 5.97 Å². The van der Waals surface area contributed by atoms with Crippen LogP contribution in [-0.4, -0.2) is 36.0 Å². The Hall–Kier alpha value is -2.04. The molecule has 1 heterocycles. The molecule has 1 atom stereocenters. The van der Waals surface area contributed by atoms with Crippen LogP contribution in [0.15, 0.2) is 24.3 Å². The molecule has 1 aromatic rings. The summed E-state index contributed by atoms with van der Waals surface area (Å²) in [4.78, 5) is 25.6. The van der Waals surface area contributed by atoms with Crippen LogP contribution in [0.1, 0.15) is 36.5 Å². The van der Waals surface area contributed by atoms with Crippen molar-refractivity contribution in [1.82, 2.24) is 4.90 Å². The Morgan fingerprint density at radius 3 is 2.65 bits per heavy atom. The summed E-state index contributed by atoms with van der Waals surface area (Å²) in [5.74, 6) is -0.621. The van der Waals surface area contributed by atoms with Crippen LogP contribution in [0.4, 0.5) is 5.69 Å². The number of hydrogen-bond acceptors (Lipinski definition) is 4. The van der Waals surface area contributed by atoms with Crippen molar-refractivity contribution in [3.8, 4) is 0 Å². The molecule has 0 spiro atoms. The Labute approximate surface area is 118 Å². The van der Waals surface area contributed by atoms with Crippen molar-refractivity contribution in [3.05, 3.63) is 29.8 Å². The number of carbonyl (C=O) groups excluding carboxylic acids is 2. The highest BCUT2D eigenvalue weighted by atomic mass is 16.5. The minimum Gasteiger partial charge on any atom is -0.452 e. The molecular weight excluding hydrogens is 256 g/mol. The SMILES string of the molecule is C[C@@H]1CCCCN1C(=O)COC(=O)c1ccc(N)cc1. The lowest BCUT2D eigenvalue weighted by Gasteiger charge is -2.33. The number of benzene rings is 1. The second kappa shape index (κ2) is 6.41. The van der Waals surface area contributed by atoms with Crippen molar-refractivity contribution >= 4 is 17.6 Å². The van der Waals surface area contributed by atoms with Gasteiger partial charge in [0.15, 0.2) is 6.61 Å². The zero-order chi connectivity index (χ0) is 14.5. The summed E-state index contributed by atoms with van der Waals surface area (Å²) in [5, 5.41) is 0. The van der Waals surface area contributed by atoms with E-state index in [-0.39, 0.29) is 18.6 Å². The van der Waals surface area contributed by atoms with E-state index in [1.54, 1.807) is 29.2 Å². The summed E-state index contributed by atoms with van der Waals surface area (Å²) in [6.45, 7) is 2.58. The van der Waals surface area contributed by atoms with E-state index in [1.165, 1.54) is 0 Å². The van der Waals surface area contributed by atoms with Crippen molar-refractivity contribution in [2.24, 2.45) is 0 Å². The number of hydrogen-bond donors (Lipinski definition) is 1. The van der Waals surface area contributed by atoms with Crippen molar-refractivity contribution in [1.29, 1.82) is 0 Å². The van der Waals surface area contributed by atoms with E-state index >= 15 is 0 Å². The highest BCUT2D eigenvalue weighted by Gasteiger charge is 2.24. The predicted octanol–water partition coefficient (Wildman–Crippen LogP) is 1.83. The van der Waals surface area contributed by atoms with Gasteiger partial charge in [-0.25, -0.2) is 4.79 Å². The molecule has 0 aliphatic carbocycles. The fourth-order valence-electron chi connectivity index (χ4n) is 2.38. The third-order valence-electron chi connectivity index (χ3n) is 3.60. The van der Waals surface area contributed by atoms with E-state index in [1.807, 2.05) is 6.92 Å². The number of nitrogens with zero attached hydrogens (tertiary/aromatic N) is 1. The molecule has 20 heavy (non-hydrogen) atoms. The molecule has 0 radical (unpaired) electrons. The average Bonchev–Trinajstić information content (AvgIpc) is 2.45. The molecule has 5 nitrogen and oxygen atoms in total. The van der Waals surface area contributed by atoms with Crippen LogP contribution >= 0.6 is 0 Å². The third-order valence-corrected chi connectivity index (χ3v) is 3.60. The van der Waals surface area contributed by atoms with Gasteiger partial charge in [0.2, 0.25) is 0 Å². The Balaban J connectivity index is 1.86. The van der Waals surface area contributed by atoms with Crippen molar-refractivity contribution in [2.45, 2.75) is 32.2 Å². The quantitative estimate of drug-likeness (QED) is 0.675. The van der Waals surface area contributed by atoms with Gasteiger partial charge in [0, 0.05) is 18.3 Å². The summed E-state index contributed by atoms with van der Waals surface area (Å²) in [5.41, 5.74) is 6.53. The largest absolute Gasteiger partial charge is 0.452 e. The molecule has 1 fully saturated rings. The average molecular weight is 276 g/mol. The highest BCUT2D eigenvalue weighted by Crippen LogP contribution is 2.16. The van der Waals surface area contributed by atoms with Gasteiger partial charge in [-0.1, -0.05) is 0 Å². The fraction of sp³-hybridized carbons (Fsp3) is 0.467. The predicted molar refractivity (Wildman–Crippen MR) is 76.2 cm³/mol. The standard InChI is InChI=1S/C15H20N2O3/c1-11-4-2-3-9-17(11)14(18)10-20-15(19)12-5-7-13(16)8-6-12/h5-8,11H,2-4,9-10,16H2,1H3/t11-/m1/s1. The monoisotopic (exact) mass is 276 g/mol.